The molecule has 0 spiro atoms. The van der Waals surface area contributed by atoms with Crippen molar-refractivity contribution in [3.8, 4) is 0 Å². The minimum atomic E-state index is -0.184. The van der Waals surface area contributed by atoms with Gasteiger partial charge < -0.3 is 9.47 Å². The van der Waals surface area contributed by atoms with E-state index in [4.69, 9.17) is 9.47 Å². The maximum atomic E-state index is 10.9. The van der Waals surface area contributed by atoms with Crippen molar-refractivity contribution in [1.82, 2.24) is 0 Å². The van der Waals surface area contributed by atoms with Crippen LogP contribution in [0.3, 0.4) is 0 Å². The Morgan fingerprint density at radius 2 is 1.92 bits per heavy atom. The largest absolute Gasteiger partial charge is 0.438 e. The maximum absolute atomic E-state index is 10.9. The summed E-state index contributed by atoms with van der Waals surface area (Å²) in [6.45, 7) is 8.84. The van der Waals surface area contributed by atoms with E-state index in [0.29, 0.717) is 13.0 Å². The lowest BCUT2D eigenvalue weighted by Crippen LogP contribution is -2.17. The van der Waals surface area contributed by atoms with E-state index in [0.717, 1.165) is 6.42 Å². The van der Waals surface area contributed by atoms with Crippen molar-refractivity contribution in [2.45, 2.75) is 40.5 Å². The normalized spacial score (nSPS) is 11.4. The van der Waals surface area contributed by atoms with Crippen LogP contribution < -0.4 is 0 Å². The van der Waals surface area contributed by atoms with Gasteiger partial charge in [-0.15, -0.1) is 0 Å². The van der Waals surface area contributed by atoms with Gasteiger partial charge in [0.2, 0.25) is 0 Å². The van der Waals surface area contributed by atoms with Gasteiger partial charge in [0, 0.05) is 6.42 Å². The van der Waals surface area contributed by atoms with Crippen molar-refractivity contribution in [1.29, 1.82) is 0 Å². The third-order valence-corrected chi connectivity index (χ3v) is 1.29. The van der Waals surface area contributed by atoms with Crippen molar-refractivity contribution in [3.05, 3.63) is 0 Å². The molecule has 0 unspecified atom stereocenters. The van der Waals surface area contributed by atoms with Crippen LogP contribution in [0.2, 0.25) is 0 Å². The summed E-state index contributed by atoms with van der Waals surface area (Å²) in [5, 5.41) is 0. The van der Waals surface area contributed by atoms with Crippen molar-refractivity contribution in [2.75, 3.05) is 13.4 Å². The van der Waals surface area contributed by atoms with E-state index in [9.17, 15) is 4.79 Å². The Morgan fingerprint density at radius 1 is 1.31 bits per heavy atom. The molecule has 0 rings (SSSR count). The van der Waals surface area contributed by atoms with Gasteiger partial charge in [-0.25, -0.2) is 0 Å². The lowest BCUT2D eigenvalue weighted by atomic mass is 9.99. The third kappa shape index (κ3) is 9.34. The smallest absolute Gasteiger partial charge is 0.307 e. The highest BCUT2D eigenvalue weighted by molar-refractivity contribution is 5.69. The van der Waals surface area contributed by atoms with Gasteiger partial charge in [0.25, 0.3) is 0 Å². The van der Waals surface area contributed by atoms with Gasteiger partial charge in [0.1, 0.15) is 0 Å². The molecule has 0 amide bonds. The summed E-state index contributed by atoms with van der Waals surface area (Å²) in [7, 11) is 0. The zero-order valence-corrected chi connectivity index (χ0v) is 9.05. The number of esters is 1. The summed E-state index contributed by atoms with van der Waals surface area (Å²) in [6, 6.07) is 0. The molecule has 0 fully saturated rings. The van der Waals surface area contributed by atoms with Crippen LogP contribution in [-0.2, 0) is 14.3 Å². The standard InChI is InChI=1S/C10H20O3/c1-5-6-9(11)13-8-12-7-10(2,3)4/h5-8H2,1-4H3. The number of hydrogen-bond acceptors (Lipinski definition) is 3. The van der Waals surface area contributed by atoms with E-state index in [-0.39, 0.29) is 18.2 Å². The Labute approximate surface area is 80.4 Å². The molecule has 0 aliphatic carbocycles. The second-order valence-electron chi connectivity index (χ2n) is 4.29. The predicted molar refractivity (Wildman–Crippen MR) is 51.3 cm³/mol. The van der Waals surface area contributed by atoms with Crippen LogP contribution in [0.15, 0.2) is 0 Å². The molecule has 13 heavy (non-hydrogen) atoms. The van der Waals surface area contributed by atoms with E-state index >= 15 is 0 Å². The monoisotopic (exact) mass is 188 g/mol. The Morgan fingerprint density at radius 3 is 2.38 bits per heavy atom. The maximum Gasteiger partial charge on any atom is 0.307 e. The highest BCUT2D eigenvalue weighted by Gasteiger charge is 2.10. The quantitative estimate of drug-likeness (QED) is 0.377. The molecule has 3 nitrogen and oxygen atoms in total. The molecule has 0 bridgehead atoms. The molecule has 0 aliphatic rings. The summed E-state index contributed by atoms with van der Waals surface area (Å²) in [5.74, 6) is -0.184. The fourth-order valence-electron chi connectivity index (χ4n) is 0.732. The van der Waals surface area contributed by atoms with Crippen molar-refractivity contribution in [2.24, 2.45) is 5.41 Å². The zero-order valence-electron chi connectivity index (χ0n) is 9.05. The van der Waals surface area contributed by atoms with E-state index < -0.39 is 0 Å². The van der Waals surface area contributed by atoms with Crippen molar-refractivity contribution >= 4 is 5.97 Å². The van der Waals surface area contributed by atoms with E-state index in [2.05, 4.69) is 20.8 Å². The second kappa shape index (κ2) is 5.97. The van der Waals surface area contributed by atoms with Crippen LogP contribution in [0.5, 0.6) is 0 Å². The van der Waals surface area contributed by atoms with Gasteiger partial charge in [-0.05, 0) is 11.8 Å². The molecule has 0 aromatic heterocycles. The fourth-order valence-corrected chi connectivity index (χ4v) is 0.732. The van der Waals surface area contributed by atoms with Crippen LogP contribution in [0.25, 0.3) is 0 Å². The van der Waals surface area contributed by atoms with E-state index in [1.54, 1.807) is 0 Å². The summed E-state index contributed by atoms with van der Waals surface area (Å²) >= 11 is 0. The molecule has 78 valence electrons. The summed E-state index contributed by atoms with van der Waals surface area (Å²) in [4.78, 5) is 10.9. The van der Waals surface area contributed by atoms with Crippen LogP contribution >= 0.6 is 0 Å². The number of carbonyl (C=O) groups excluding carboxylic acids is 1. The van der Waals surface area contributed by atoms with Gasteiger partial charge in [0.05, 0.1) is 6.61 Å². The van der Waals surface area contributed by atoms with Crippen LogP contribution in [0, 0.1) is 5.41 Å². The van der Waals surface area contributed by atoms with Crippen LogP contribution in [0.1, 0.15) is 40.5 Å². The highest BCUT2D eigenvalue weighted by Crippen LogP contribution is 2.12. The number of hydrogen-bond donors (Lipinski definition) is 0. The van der Waals surface area contributed by atoms with Gasteiger partial charge >= 0.3 is 5.97 Å². The molecule has 0 heterocycles. The molecule has 3 heteroatoms. The second-order valence-corrected chi connectivity index (χ2v) is 4.29. The molecule has 0 aromatic carbocycles. The third-order valence-electron chi connectivity index (χ3n) is 1.29. The van der Waals surface area contributed by atoms with E-state index in [1.807, 2.05) is 6.92 Å². The first-order valence-electron chi connectivity index (χ1n) is 4.69. The first-order valence-corrected chi connectivity index (χ1v) is 4.69. The molecule has 0 aromatic rings. The van der Waals surface area contributed by atoms with Gasteiger partial charge in [-0.3, -0.25) is 4.79 Å². The Balaban J connectivity index is 3.31. The summed E-state index contributed by atoms with van der Waals surface area (Å²) < 4.78 is 9.99. The predicted octanol–water partition coefficient (Wildman–Crippen LogP) is 2.35. The summed E-state index contributed by atoms with van der Waals surface area (Å²) in [5.41, 5.74) is 0.122. The molecule has 0 saturated carbocycles. The highest BCUT2D eigenvalue weighted by atomic mass is 16.7. The molecular formula is C10H20O3. The first-order chi connectivity index (χ1) is 5.95. The van der Waals surface area contributed by atoms with Crippen molar-refractivity contribution in [3.63, 3.8) is 0 Å². The average molecular weight is 188 g/mol. The number of rotatable bonds is 5. The van der Waals surface area contributed by atoms with Crippen LogP contribution in [0.4, 0.5) is 0 Å². The molecule has 0 aliphatic heterocycles. The van der Waals surface area contributed by atoms with Crippen molar-refractivity contribution < 1.29 is 14.3 Å². The molecule has 0 N–H and O–H groups in total. The molecule has 0 saturated heterocycles. The number of carbonyl (C=O) groups is 1. The molecule has 0 radical (unpaired) electrons. The minimum absolute atomic E-state index is 0.0795. The number of ether oxygens (including phenoxy) is 2. The van der Waals surface area contributed by atoms with E-state index in [1.165, 1.54) is 0 Å². The van der Waals surface area contributed by atoms with Gasteiger partial charge in [-0.1, -0.05) is 27.7 Å². The minimum Gasteiger partial charge on any atom is -0.438 e. The Bertz CT molecular complexity index is 147. The first kappa shape index (κ1) is 12.4. The van der Waals surface area contributed by atoms with Gasteiger partial charge in [-0.2, -0.15) is 0 Å². The Kier molecular flexibility index (Phi) is 5.71. The molecular weight excluding hydrogens is 168 g/mol. The summed E-state index contributed by atoms with van der Waals surface area (Å²) in [6.07, 6.45) is 1.29. The Hall–Kier alpha value is -0.570. The lowest BCUT2D eigenvalue weighted by molar-refractivity contribution is -0.158. The zero-order chi connectivity index (χ0) is 10.3. The average Bonchev–Trinajstić information content (AvgIpc) is 1.97. The lowest BCUT2D eigenvalue weighted by Gasteiger charge is -2.17. The molecule has 0 atom stereocenters. The van der Waals surface area contributed by atoms with Gasteiger partial charge in [0.15, 0.2) is 6.79 Å². The SMILES string of the molecule is CCCC(=O)OCOCC(C)(C)C. The topological polar surface area (TPSA) is 35.5 Å². The van der Waals surface area contributed by atoms with Crippen LogP contribution in [-0.4, -0.2) is 19.4 Å². The fraction of sp³-hybridized carbons (Fsp3) is 0.900.